The highest BCUT2D eigenvalue weighted by molar-refractivity contribution is 6.06. The molecule has 0 bridgehead atoms. The van der Waals surface area contributed by atoms with E-state index in [9.17, 15) is 14.7 Å². The first-order valence-corrected chi connectivity index (χ1v) is 12.1. The van der Waals surface area contributed by atoms with Crippen LogP contribution in [0.5, 0.6) is 0 Å². The van der Waals surface area contributed by atoms with Crippen LogP contribution in [-0.2, 0) is 4.74 Å². The van der Waals surface area contributed by atoms with E-state index in [4.69, 9.17) is 9.72 Å². The summed E-state index contributed by atoms with van der Waals surface area (Å²) in [5, 5.41) is 13.9. The Labute approximate surface area is 201 Å². The number of anilines is 2. The minimum Gasteiger partial charge on any atom is -0.465 e. The molecular weight excluding hydrogens is 430 g/mol. The van der Waals surface area contributed by atoms with Gasteiger partial charge in [0, 0.05) is 24.7 Å². The molecule has 0 radical (unpaired) electrons. The predicted octanol–water partition coefficient (Wildman–Crippen LogP) is 4.42. The number of esters is 1. The molecule has 182 valence electrons. The van der Waals surface area contributed by atoms with Crippen LogP contribution in [0, 0.1) is 32.6 Å². The molecule has 2 aliphatic rings. The molecule has 2 fully saturated rings. The fraction of sp³-hybridized carbons (Fsp3) is 0.519. The van der Waals surface area contributed by atoms with Crippen molar-refractivity contribution < 1.29 is 19.4 Å². The van der Waals surface area contributed by atoms with Crippen molar-refractivity contribution in [3.8, 4) is 0 Å². The van der Waals surface area contributed by atoms with Crippen LogP contribution in [0.4, 0.5) is 11.5 Å². The second kappa shape index (κ2) is 9.37. The highest BCUT2D eigenvalue weighted by atomic mass is 16.5. The number of carbonyl (C=O) groups is 2. The summed E-state index contributed by atoms with van der Waals surface area (Å²) in [5.74, 6) is 0.928. The number of hydrogen-bond acceptors (Lipinski definition) is 6. The zero-order valence-electron chi connectivity index (χ0n) is 20.8. The normalized spacial score (nSPS) is 22.4. The maximum Gasteiger partial charge on any atom is 0.338 e. The van der Waals surface area contributed by atoms with Crippen LogP contribution in [0.2, 0.25) is 0 Å². The molecule has 34 heavy (non-hydrogen) atoms. The van der Waals surface area contributed by atoms with Crippen LogP contribution in [0.15, 0.2) is 24.3 Å². The molecule has 1 saturated carbocycles. The first kappa shape index (κ1) is 24.2. The summed E-state index contributed by atoms with van der Waals surface area (Å²) >= 11 is 0. The smallest absolute Gasteiger partial charge is 0.338 e. The van der Waals surface area contributed by atoms with Crippen molar-refractivity contribution in [3.63, 3.8) is 0 Å². The molecule has 4 rings (SSSR count). The number of nitrogens with zero attached hydrogens (tertiary/aromatic N) is 2. The third kappa shape index (κ3) is 4.94. The average molecular weight is 466 g/mol. The topological polar surface area (TPSA) is 91.8 Å². The first-order chi connectivity index (χ1) is 16.1. The van der Waals surface area contributed by atoms with Crippen molar-refractivity contribution in [2.75, 3.05) is 30.4 Å². The highest BCUT2D eigenvalue weighted by Crippen LogP contribution is 2.41. The van der Waals surface area contributed by atoms with E-state index in [1.165, 1.54) is 20.0 Å². The molecule has 2 aromatic rings. The van der Waals surface area contributed by atoms with Gasteiger partial charge in [-0.05, 0) is 75.3 Å². The van der Waals surface area contributed by atoms with Crippen LogP contribution in [0.3, 0.4) is 0 Å². The Bertz CT molecular complexity index is 1110. The molecule has 1 amide bonds. The van der Waals surface area contributed by atoms with Gasteiger partial charge in [-0.1, -0.05) is 25.0 Å². The molecule has 2 atom stereocenters. The quantitative estimate of drug-likeness (QED) is 0.614. The fourth-order valence-electron chi connectivity index (χ4n) is 4.88. The van der Waals surface area contributed by atoms with Crippen LogP contribution >= 0.6 is 0 Å². The summed E-state index contributed by atoms with van der Waals surface area (Å²) in [5.41, 5.74) is 3.00. The van der Waals surface area contributed by atoms with E-state index in [1.54, 1.807) is 19.1 Å². The lowest BCUT2D eigenvalue weighted by Gasteiger charge is -2.43. The number of aromatic nitrogens is 1. The maximum absolute atomic E-state index is 13.3. The lowest BCUT2D eigenvalue weighted by Crippen LogP contribution is -2.50. The summed E-state index contributed by atoms with van der Waals surface area (Å²) in [6.45, 7) is 8.94. The molecule has 1 aliphatic heterocycles. The summed E-state index contributed by atoms with van der Waals surface area (Å²) in [4.78, 5) is 32.3. The number of nitrogens with one attached hydrogen (secondary N) is 1. The van der Waals surface area contributed by atoms with Crippen LogP contribution in [0.25, 0.3) is 0 Å². The minimum absolute atomic E-state index is 0.195. The molecule has 1 aliphatic carbocycles. The van der Waals surface area contributed by atoms with Gasteiger partial charge in [0.05, 0.1) is 18.3 Å². The highest BCUT2D eigenvalue weighted by Gasteiger charge is 2.41. The number of carbonyl (C=O) groups excluding carboxylic acids is 2. The Morgan fingerprint density at radius 3 is 2.56 bits per heavy atom. The van der Waals surface area contributed by atoms with Crippen LogP contribution < -0.4 is 10.2 Å². The van der Waals surface area contributed by atoms with Crippen molar-refractivity contribution >= 4 is 23.4 Å². The number of piperidine rings is 1. The van der Waals surface area contributed by atoms with Crippen molar-refractivity contribution in [1.29, 1.82) is 0 Å². The number of aliphatic hydroxyl groups is 1. The van der Waals surface area contributed by atoms with Crippen molar-refractivity contribution in [2.45, 2.75) is 59.0 Å². The van der Waals surface area contributed by atoms with Crippen LogP contribution in [-0.4, -0.2) is 47.8 Å². The first-order valence-electron chi connectivity index (χ1n) is 12.1. The number of methoxy groups -OCH3 is 1. The van der Waals surface area contributed by atoms with E-state index in [2.05, 4.69) is 10.2 Å². The van der Waals surface area contributed by atoms with Gasteiger partial charge < -0.3 is 20.1 Å². The van der Waals surface area contributed by atoms with Crippen molar-refractivity contribution in [1.82, 2.24) is 4.98 Å². The number of aryl methyl sites for hydroxylation is 2. The van der Waals surface area contributed by atoms with E-state index in [0.717, 1.165) is 35.8 Å². The Balaban J connectivity index is 1.57. The molecule has 7 nitrogen and oxygen atoms in total. The van der Waals surface area contributed by atoms with E-state index in [-0.39, 0.29) is 11.8 Å². The van der Waals surface area contributed by atoms with Gasteiger partial charge in [-0.15, -0.1) is 0 Å². The maximum atomic E-state index is 13.3. The fourth-order valence-corrected chi connectivity index (χ4v) is 4.88. The minimum atomic E-state index is -0.663. The number of benzene rings is 1. The molecule has 2 unspecified atom stereocenters. The van der Waals surface area contributed by atoms with Gasteiger partial charge in [-0.25, -0.2) is 9.78 Å². The lowest BCUT2D eigenvalue weighted by atomic mass is 9.79. The van der Waals surface area contributed by atoms with Crippen molar-refractivity contribution in [2.24, 2.45) is 11.8 Å². The number of hydrogen-bond donors (Lipinski definition) is 2. The van der Waals surface area contributed by atoms with Crippen LogP contribution in [0.1, 0.15) is 70.1 Å². The van der Waals surface area contributed by atoms with Gasteiger partial charge in [0.25, 0.3) is 5.91 Å². The summed E-state index contributed by atoms with van der Waals surface area (Å²) in [6.07, 6.45) is 4.24. The molecule has 1 saturated heterocycles. The average Bonchev–Trinajstić information content (AvgIpc) is 3.62. The Kier molecular flexibility index (Phi) is 6.67. The second-order valence-electron chi connectivity index (χ2n) is 10.1. The molecule has 1 aromatic heterocycles. The molecule has 2 N–H and O–H groups in total. The summed E-state index contributed by atoms with van der Waals surface area (Å²) < 4.78 is 4.87. The predicted molar refractivity (Wildman–Crippen MR) is 132 cm³/mol. The second-order valence-corrected chi connectivity index (χ2v) is 10.1. The number of pyridine rings is 1. The molecule has 1 aromatic carbocycles. The largest absolute Gasteiger partial charge is 0.465 e. The van der Waals surface area contributed by atoms with E-state index in [1.807, 2.05) is 32.9 Å². The van der Waals surface area contributed by atoms with E-state index in [0.29, 0.717) is 35.5 Å². The third-order valence-electron chi connectivity index (χ3n) is 7.46. The lowest BCUT2D eigenvalue weighted by molar-refractivity contribution is -0.0223. The SMILES string of the molecule is COC(=O)c1ccc(C)c(NC(=O)c2nc(N3CCC(C)(O)C(CC4CC4)C3)ccc2C)c1C. The summed E-state index contributed by atoms with van der Waals surface area (Å²) in [6, 6.07) is 7.38. The molecule has 0 spiro atoms. The molecule has 2 heterocycles. The zero-order chi connectivity index (χ0) is 24.6. The van der Waals surface area contributed by atoms with Gasteiger partial charge in [0.2, 0.25) is 0 Å². The number of rotatable bonds is 6. The zero-order valence-corrected chi connectivity index (χ0v) is 20.8. The van der Waals surface area contributed by atoms with Crippen molar-refractivity contribution in [3.05, 3.63) is 52.2 Å². The van der Waals surface area contributed by atoms with Gasteiger partial charge in [0.1, 0.15) is 11.5 Å². The standard InChI is InChI=1S/C27H35N3O4/c1-16-6-10-21(26(32)34-5)18(3)23(16)29-25(31)24-17(2)7-11-22(28-24)30-13-12-27(4,33)20(15-30)14-19-8-9-19/h6-7,10-11,19-20,33H,8-9,12-15H2,1-5H3,(H,29,31). The molecule has 7 heteroatoms. The van der Waals surface area contributed by atoms with E-state index >= 15 is 0 Å². The monoisotopic (exact) mass is 465 g/mol. The third-order valence-corrected chi connectivity index (χ3v) is 7.46. The Hall–Kier alpha value is -2.93. The molecular formula is C27H35N3O4. The van der Waals surface area contributed by atoms with Gasteiger partial charge in [-0.2, -0.15) is 0 Å². The van der Waals surface area contributed by atoms with Gasteiger partial charge >= 0.3 is 5.97 Å². The Morgan fingerprint density at radius 2 is 1.88 bits per heavy atom. The van der Waals surface area contributed by atoms with E-state index < -0.39 is 11.6 Å². The van der Waals surface area contributed by atoms with Gasteiger partial charge in [-0.3, -0.25) is 4.79 Å². The number of ether oxygens (including phenoxy) is 1. The summed E-state index contributed by atoms with van der Waals surface area (Å²) in [7, 11) is 1.34. The number of amides is 1. The van der Waals surface area contributed by atoms with Gasteiger partial charge in [0.15, 0.2) is 0 Å². The Morgan fingerprint density at radius 1 is 1.18 bits per heavy atom.